The van der Waals surface area contributed by atoms with Gasteiger partial charge in [-0.1, -0.05) is 18.9 Å². The number of nitrogens with two attached hydrogens (primary N) is 1. The first-order chi connectivity index (χ1) is 11.7. The number of benzene rings is 1. The molecule has 6 heteroatoms. The van der Waals surface area contributed by atoms with E-state index in [0.717, 1.165) is 11.2 Å². The van der Waals surface area contributed by atoms with Crippen molar-refractivity contribution in [3.8, 4) is 0 Å². The second-order valence-electron chi connectivity index (χ2n) is 6.24. The van der Waals surface area contributed by atoms with Crippen molar-refractivity contribution >= 4 is 28.4 Å². The highest BCUT2D eigenvalue weighted by atomic mass is 16.1. The summed E-state index contributed by atoms with van der Waals surface area (Å²) in [5.74, 6) is -0.217. The number of fused-ring (bicyclic) bond motifs is 1. The van der Waals surface area contributed by atoms with Gasteiger partial charge in [0.1, 0.15) is 5.52 Å². The summed E-state index contributed by atoms with van der Waals surface area (Å²) in [5.41, 5.74) is 9.09. The van der Waals surface area contributed by atoms with E-state index in [0.29, 0.717) is 23.0 Å². The molecule has 2 heterocycles. The monoisotopic (exact) mass is 321 g/mol. The van der Waals surface area contributed by atoms with Crippen LogP contribution in [0.15, 0.2) is 42.9 Å². The van der Waals surface area contributed by atoms with Crippen LogP contribution in [-0.2, 0) is 0 Å². The molecule has 1 aliphatic carbocycles. The Hall–Kier alpha value is -2.89. The molecule has 1 aromatic carbocycles. The summed E-state index contributed by atoms with van der Waals surface area (Å²) >= 11 is 0. The topological polar surface area (TPSA) is 85.8 Å². The van der Waals surface area contributed by atoms with Crippen LogP contribution in [0.4, 0.5) is 11.4 Å². The van der Waals surface area contributed by atoms with Crippen LogP contribution in [0.25, 0.3) is 11.2 Å². The molecule has 0 radical (unpaired) electrons. The number of anilines is 2. The second kappa shape index (κ2) is 5.96. The number of carbonyl (C=O) groups excluding carboxylic acids is 1. The second-order valence-corrected chi connectivity index (χ2v) is 6.24. The van der Waals surface area contributed by atoms with Crippen molar-refractivity contribution in [2.75, 3.05) is 11.1 Å². The Morgan fingerprint density at radius 2 is 2.04 bits per heavy atom. The normalized spacial score (nSPS) is 15.0. The van der Waals surface area contributed by atoms with E-state index in [1.807, 2.05) is 6.33 Å². The number of imidazole rings is 1. The Bertz CT molecular complexity index is 895. The van der Waals surface area contributed by atoms with E-state index >= 15 is 0 Å². The van der Waals surface area contributed by atoms with Crippen molar-refractivity contribution in [2.45, 2.75) is 31.7 Å². The van der Waals surface area contributed by atoms with Crippen LogP contribution in [0.3, 0.4) is 0 Å². The number of rotatable bonds is 3. The van der Waals surface area contributed by atoms with Crippen molar-refractivity contribution in [3.05, 3.63) is 48.4 Å². The summed E-state index contributed by atoms with van der Waals surface area (Å²) in [4.78, 5) is 21.3. The SMILES string of the molecule is Nc1cccc(NC(=O)c2cnc3c(c2)ncn3C2CCCC2)c1. The minimum absolute atomic E-state index is 0.217. The number of nitrogens with one attached hydrogen (secondary N) is 1. The van der Waals surface area contributed by atoms with Gasteiger partial charge in [0, 0.05) is 23.6 Å². The summed E-state index contributed by atoms with van der Waals surface area (Å²) in [5, 5.41) is 2.83. The first-order valence-corrected chi connectivity index (χ1v) is 8.20. The van der Waals surface area contributed by atoms with E-state index in [9.17, 15) is 4.79 Å². The van der Waals surface area contributed by atoms with Crippen LogP contribution in [0, 0.1) is 0 Å². The molecule has 1 fully saturated rings. The van der Waals surface area contributed by atoms with E-state index in [1.54, 1.807) is 36.5 Å². The molecule has 1 saturated carbocycles. The number of carbonyl (C=O) groups is 1. The Labute approximate surface area is 139 Å². The highest BCUT2D eigenvalue weighted by Gasteiger charge is 2.20. The number of hydrogen-bond acceptors (Lipinski definition) is 4. The number of pyridine rings is 1. The van der Waals surface area contributed by atoms with Gasteiger partial charge in [0.05, 0.1) is 11.9 Å². The fourth-order valence-corrected chi connectivity index (χ4v) is 3.31. The van der Waals surface area contributed by atoms with Gasteiger partial charge < -0.3 is 15.6 Å². The van der Waals surface area contributed by atoms with Crippen LogP contribution in [-0.4, -0.2) is 20.4 Å². The van der Waals surface area contributed by atoms with Crippen LogP contribution in [0.2, 0.25) is 0 Å². The van der Waals surface area contributed by atoms with Crippen molar-refractivity contribution in [2.24, 2.45) is 0 Å². The van der Waals surface area contributed by atoms with Crippen molar-refractivity contribution < 1.29 is 4.79 Å². The minimum Gasteiger partial charge on any atom is -0.399 e. The predicted molar refractivity (Wildman–Crippen MR) is 93.8 cm³/mol. The lowest BCUT2D eigenvalue weighted by atomic mass is 10.2. The lowest BCUT2D eigenvalue weighted by Gasteiger charge is -2.11. The Kier molecular flexibility index (Phi) is 3.65. The van der Waals surface area contributed by atoms with Gasteiger partial charge in [-0.2, -0.15) is 0 Å². The molecule has 1 aliphatic rings. The molecule has 0 bridgehead atoms. The number of amides is 1. The van der Waals surface area contributed by atoms with Crippen molar-refractivity contribution in [1.29, 1.82) is 0 Å². The number of nitrogens with zero attached hydrogens (tertiary/aromatic N) is 3. The summed E-state index contributed by atoms with van der Waals surface area (Å²) in [6, 6.07) is 9.37. The third kappa shape index (κ3) is 2.71. The highest BCUT2D eigenvalue weighted by molar-refractivity contribution is 6.05. The molecule has 0 unspecified atom stereocenters. The summed E-state index contributed by atoms with van der Waals surface area (Å²) in [6.07, 6.45) is 8.30. The molecule has 4 rings (SSSR count). The minimum atomic E-state index is -0.217. The quantitative estimate of drug-likeness (QED) is 0.724. The number of nitrogen functional groups attached to an aromatic ring is 1. The largest absolute Gasteiger partial charge is 0.399 e. The molecule has 3 aromatic rings. The molecule has 0 spiro atoms. The van der Waals surface area contributed by atoms with Gasteiger partial charge in [0.25, 0.3) is 5.91 Å². The van der Waals surface area contributed by atoms with E-state index in [4.69, 9.17) is 5.73 Å². The summed E-state index contributed by atoms with van der Waals surface area (Å²) in [6.45, 7) is 0. The average Bonchev–Trinajstić information content (AvgIpc) is 3.23. The number of hydrogen-bond donors (Lipinski definition) is 2. The standard InChI is InChI=1S/C18H19N5O/c19-13-4-3-5-14(9-13)22-18(24)12-8-16-17(20-10-12)23(11-21-16)15-6-1-2-7-15/h3-5,8-11,15H,1-2,6-7,19H2,(H,22,24). The van der Waals surface area contributed by atoms with E-state index in [2.05, 4.69) is 19.9 Å². The Morgan fingerprint density at radius 3 is 2.83 bits per heavy atom. The molecule has 0 aliphatic heterocycles. The van der Waals surface area contributed by atoms with Crippen LogP contribution in [0.5, 0.6) is 0 Å². The smallest absolute Gasteiger partial charge is 0.257 e. The first-order valence-electron chi connectivity index (χ1n) is 8.20. The molecular weight excluding hydrogens is 302 g/mol. The van der Waals surface area contributed by atoms with Crippen LogP contribution >= 0.6 is 0 Å². The van der Waals surface area contributed by atoms with E-state index < -0.39 is 0 Å². The maximum atomic E-state index is 12.4. The zero-order chi connectivity index (χ0) is 16.5. The number of aromatic nitrogens is 3. The lowest BCUT2D eigenvalue weighted by molar-refractivity contribution is 0.102. The average molecular weight is 321 g/mol. The first kappa shape index (κ1) is 14.7. The molecule has 3 N–H and O–H groups in total. The van der Waals surface area contributed by atoms with Crippen LogP contribution in [0.1, 0.15) is 42.1 Å². The van der Waals surface area contributed by atoms with Crippen molar-refractivity contribution in [1.82, 2.24) is 14.5 Å². The van der Waals surface area contributed by atoms with E-state index in [-0.39, 0.29) is 5.91 Å². The molecule has 6 nitrogen and oxygen atoms in total. The lowest BCUT2D eigenvalue weighted by Crippen LogP contribution is -2.12. The fourth-order valence-electron chi connectivity index (χ4n) is 3.31. The van der Waals surface area contributed by atoms with Gasteiger partial charge in [0.15, 0.2) is 5.65 Å². The van der Waals surface area contributed by atoms with Crippen molar-refractivity contribution in [3.63, 3.8) is 0 Å². The van der Waals surface area contributed by atoms with Gasteiger partial charge >= 0.3 is 0 Å². The summed E-state index contributed by atoms with van der Waals surface area (Å²) in [7, 11) is 0. The van der Waals surface area contributed by atoms with Gasteiger partial charge in [-0.05, 0) is 37.1 Å². The van der Waals surface area contributed by atoms with Crippen LogP contribution < -0.4 is 11.1 Å². The third-order valence-corrected chi connectivity index (χ3v) is 4.54. The maximum Gasteiger partial charge on any atom is 0.257 e. The fraction of sp³-hybridized carbons (Fsp3) is 0.278. The van der Waals surface area contributed by atoms with Gasteiger partial charge in [0.2, 0.25) is 0 Å². The van der Waals surface area contributed by atoms with Gasteiger partial charge in [-0.25, -0.2) is 9.97 Å². The van der Waals surface area contributed by atoms with Gasteiger partial charge in [-0.3, -0.25) is 4.79 Å². The molecule has 24 heavy (non-hydrogen) atoms. The Morgan fingerprint density at radius 1 is 1.21 bits per heavy atom. The highest BCUT2D eigenvalue weighted by Crippen LogP contribution is 2.31. The summed E-state index contributed by atoms with van der Waals surface area (Å²) < 4.78 is 2.14. The molecule has 2 aromatic heterocycles. The molecule has 1 amide bonds. The molecule has 0 saturated heterocycles. The van der Waals surface area contributed by atoms with E-state index in [1.165, 1.54) is 25.7 Å². The Balaban J connectivity index is 1.59. The van der Waals surface area contributed by atoms with Gasteiger partial charge in [-0.15, -0.1) is 0 Å². The molecule has 122 valence electrons. The molecule has 0 atom stereocenters. The zero-order valence-corrected chi connectivity index (χ0v) is 13.3. The molecular formula is C18H19N5O. The predicted octanol–water partition coefficient (Wildman–Crippen LogP) is 3.38. The zero-order valence-electron chi connectivity index (χ0n) is 13.3. The maximum absolute atomic E-state index is 12.4. The third-order valence-electron chi connectivity index (χ3n) is 4.54.